The Morgan fingerprint density at radius 2 is 1.49 bits per heavy atom. The highest BCUT2D eigenvalue weighted by molar-refractivity contribution is 5.93. The first kappa shape index (κ1) is 33.6. The maximum atomic E-state index is 12.6. The second kappa shape index (κ2) is 18.0. The minimum absolute atomic E-state index is 0. The predicted molar refractivity (Wildman–Crippen MR) is 147 cm³/mol. The Morgan fingerprint density at radius 3 is 2.03 bits per heavy atom. The van der Waals surface area contributed by atoms with Crippen LogP contribution in [0.2, 0.25) is 0 Å². The highest BCUT2D eigenvalue weighted by atomic mass is 35.5. The highest BCUT2D eigenvalue weighted by Crippen LogP contribution is 2.34. The largest absolute Gasteiger partial charge is 0.464 e. The number of ether oxygens (including phenoxy) is 1. The third-order valence-electron chi connectivity index (χ3n) is 6.92. The number of carbonyl (C=O) groups is 2. The zero-order valence-electron chi connectivity index (χ0n) is 21.4. The molecule has 0 bridgehead atoms. The summed E-state index contributed by atoms with van der Waals surface area (Å²) in [5.74, 6) is 0.782. The summed E-state index contributed by atoms with van der Waals surface area (Å²) in [6, 6.07) is 8.76. The van der Waals surface area contributed by atoms with E-state index in [4.69, 9.17) is 4.74 Å². The van der Waals surface area contributed by atoms with E-state index in [0.29, 0.717) is 25.4 Å². The quantitative estimate of drug-likeness (QED) is 0.400. The number of rotatable bonds is 11. The van der Waals surface area contributed by atoms with Gasteiger partial charge in [-0.2, -0.15) is 0 Å². The molecule has 1 aromatic carbocycles. The maximum Gasteiger partial charge on any atom is 0.305 e. The van der Waals surface area contributed by atoms with Gasteiger partial charge in [0.1, 0.15) is 6.61 Å². The normalized spacial score (nSPS) is 16.5. The van der Waals surface area contributed by atoms with Crippen LogP contribution in [0.25, 0.3) is 0 Å². The fraction of sp³-hybridized carbons (Fsp3) is 0.692. The van der Waals surface area contributed by atoms with E-state index in [1.807, 2.05) is 18.7 Å². The second-order valence-electron chi connectivity index (χ2n) is 9.08. The van der Waals surface area contributed by atoms with Gasteiger partial charge >= 0.3 is 5.97 Å². The number of hydrogen-bond acceptors (Lipinski definition) is 5. The molecule has 2 N–H and O–H groups in total. The van der Waals surface area contributed by atoms with Gasteiger partial charge in [0.05, 0.1) is 0 Å². The molecule has 0 unspecified atom stereocenters. The molecule has 2 fully saturated rings. The molecule has 1 aliphatic carbocycles. The van der Waals surface area contributed by atoms with Crippen molar-refractivity contribution in [3.63, 3.8) is 0 Å². The van der Waals surface area contributed by atoms with Crippen LogP contribution in [0.4, 0.5) is 5.69 Å². The molecular formula is C26H45Cl2N3O4. The average Bonchev–Trinajstić information content (AvgIpc) is 3.37. The van der Waals surface area contributed by atoms with Crippen molar-refractivity contribution in [2.75, 3.05) is 57.3 Å². The summed E-state index contributed by atoms with van der Waals surface area (Å²) in [5.41, 5.74) is 2.46. The van der Waals surface area contributed by atoms with Gasteiger partial charge in [-0.3, -0.25) is 14.5 Å². The van der Waals surface area contributed by atoms with Crippen LogP contribution in [0.5, 0.6) is 0 Å². The van der Waals surface area contributed by atoms with Gasteiger partial charge in [0.2, 0.25) is 5.91 Å². The molecular weight excluding hydrogens is 489 g/mol. The minimum Gasteiger partial charge on any atom is -0.464 e. The number of carbonyl (C=O) groups excluding carboxylic acids is 2. The fourth-order valence-corrected chi connectivity index (χ4v) is 4.85. The zero-order chi connectivity index (χ0) is 22.8. The van der Waals surface area contributed by atoms with Gasteiger partial charge in [0.25, 0.3) is 0 Å². The van der Waals surface area contributed by atoms with E-state index in [1.54, 1.807) is 0 Å². The van der Waals surface area contributed by atoms with Gasteiger partial charge in [0.15, 0.2) is 0 Å². The zero-order valence-corrected chi connectivity index (χ0v) is 23.0. The van der Waals surface area contributed by atoms with Crippen LogP contribution in [0.3, 0.4) is 0 Å². The first-order chi connectivity index (χ1) is 15.6. The fourth-order valence-electron chi connectivity index (χ4n) is 4.85. The lowest BCUT2D eigenvalue weighted by Gasteiger charge is -2.35. The number of amides is 1. The Morgan fingerprint density at radius 1 is 0.914 bits per heavy atom. The molecule has 0 aromatic heterocycles. The van der Waals surface area contributed by atoms with Gasteiger partial charge in [-0.05, 0) is 49.4 Å². The van der Waals surface area contributed by atoms with Gasteiger partial charge < -0.3 is 20.0 Å². The van der Waals surface area contributed by atoms with Crippen LogP contribution in [-0.2, 0) is 14.3 Å². The minimum atomic E-state index is -0.122. The van der Waals surface area contributed by atoms with Gasteiger partial charge in [-0.15, -0.1) is 24.8 Å². The number of benzene rings is 1. The standard InChI is InChI=1S/C26H41N3O3.2ClH.H2O/c1-3-25(30)29(24-12-10-23(11-13-24)22-8-5-6-9-22)15-7-14-27-16-18-28(19-17-27)20-21-32-26(31)4-2;;;/h10-13,22H,3-9,14-21H2,1-2H3;2*1H;1H2. The van der Waals surface area contributed by atoms with Crippen LogP contribution in [0.15, 0.2) is 24.3 Å². The maximum absolute atomic E-state index is 12.6. The van der Waals surface area contributed by atoms with Crippen molar-refractivity contribution in [3.05, 3.63) is 29.8 Å². The third kappa shape index (κ3) is 10.6. The van der Waals surface area contributed by atoms with Crippen molar-refractivity contribution in [1.29, 1.82) is 0 Å². The molecule has 3 rings (SSSR count). The summed E-state index contributed by atoms with van der Waals surface area (Å²) < 4.78 is 5.19. The smallest absolute Gasteiger partial charge is 0.305 e. The molecule has 1 aliphatic heterocycles. The second-order valence-corrected chi connectivity index (χ2v) is 9.08. The van der Waals surface area contributed by atoms with Crippen LogP contribution >= 0.6 is 24.8 Å². The third-order valence-corrected chi connectivity index (χ3v) is 6.92. The van der Waals surface area contributed by atoms with Crippen molar-refractivity contribution >= 4 is 42.4 Å². The number of hydrogen-bond donors (Lipinski definition) is 0. The monoisotopic (exact) mass is 533 g/mol. The molecule has 1 saturated heterocycles. The Labute approximate surface area is 223 Å². The van der Waals surface area contributed by atoms with Gasteiger partial charge in [-0.25, -0.2) is 0 Å². The number of anilines is 1. The molecule has 7 nitrogen and oxygen atoms in total. The van der Waals surface area contributed by atoms with E-state index in [2.05, 4.69) is 34.1 Å². The summed E-state index contributed by atoms with van der Waals surface area (Å²) in [6.45, 7) is 10.9. The number of piperazine rings is 1. The Kier molecular flexibility index (Phi) is 17.2. The SMILES string of the molecule is CCC(=O)OCCN1CCN(CCCN(C(=O)CC)c2ccc(C3CCCC3)cc2)CC1.Cl.Cl.O. The molecule has 1 amide bonds. The summed E-state index contributed by atoms with van der Waals surface area (Å²) in [4.78, 5) is 30.7. The van der Waals surface area contributed by atoms with Crippen molar-refractivity contribution in [3.8, 4) is 0 Å². The summed E-state index contributed by atoms with van der Waals surface area (Å²) in [6.07, 6.45) is 7.23. The average molecular weight is 535 g/mol. The molecule has 1 heterocycles. The van der Waals surface area contributed by atoms with E-state index in [9.17, 15) is 9.59 Å². The molecule has 1 aromatic rings. The molecule has 1 saturated carbocycles. The van der Waals surface area contributed by atoms with Crippen LogP contribution < -0.4 is 4.90 Å². The molecule has 202 valence electrons. The number of nitrogens with zero attached hydrogens (tertiary/aromatic N) is 3. The lowest BCUT2D eigenvalue weighted by molar-refractivity contribution is -0.143. The van der Waals surface area contributed by atoms with Crippen LogP contribution in [-0.4, -0.2) is 79.6 Å². The van der Waals surface area contributed by atoms with E-state index < -0.39 is 0 Å². The van der Waals surface area contributed by atoms with Gasteiger partial charge in [0, 0.05) is 57.8 Å². The topological polar surface area (TPSA) is 84.6 Å². The van der Waals surface area contributed by atoms with E-state index >= 15 is 0 Å². The van der Waals surface area contributed by atoms with Crippen LogP contribution in [0, 0.1) is 0 Å². The highest BCUT2D eigenvalue weighted by Gasteiger charge is 2.20. The summed E-state index contributed by atoms with van der Waals surface area (Å²) in [7, 11) is 0. The first-order valence-electron chi connectivity index (χ1n) is 12.6. The van der Waals surface area contributed by atoms with Gasteiger partial charge in [-0.1, -0.05) is 38.8 Å². The van der Waals surface area contributed by atoms with Crippen molar-refractivity contribution < 1.29 is 19.8 Å². The molecule has 0 radical (unpaired) electrons. The summed E-state index contributed by atoms with van der Waals surface area (Å²) in [5, 5.41) is 0. The van der Waals surface area contributed by atoms with Crippen molar-refractivity contribution in [2.45, 2.75) is 64.7 Å². The number of halogens is 2. The lowest BCUT2D eigenvalue weighted by atomic mass is 9.97. The molecule has 0 spiro atoms. The Hall–Kier alpha value is -1.38. The molecule has 2 aliphatic rings. The van der Waals surface area contributed by atoms with E-state index in [0.717, 1.165) is 57.9 Å². The predicted octanol–water partition coefficient (Wildman–Crippen LogP) is 4.07. The van der Waals surface area contributed by atoms with E-state index in [1.165, 1.54) is 31.2 Å². The lowest BCUT2D eigenvalue weighted by Crippen LogP contribution is -2.48. The van der Waals surface area contributed by atoms with E-state index in [-0.39, 0.29) is 42.2 Å². The van der Waals surface area contributed by atoms with Crippen molar-refractivity contribution in [1.82, 2.24) is 9.80 Å². The Balaban J connectivity index is 0.00000385. The number of esters is 1. The molecule has 0 atom stereocenters. The van der Waals surface area contributed by atoms with Crippen LogP contribution in [0.1, 0.15) is 70.3 Å². The molecule has 9 heteroatoms. The molecule has 35 heavy (non-hydrogen) atoms. The Bertz CT molecular complexity index is 722. The van der Waals surface area contributed by atoms with Crippen molar-refractivity contribution in [2.24, 2.45) is 0 Å². The summed E-state index contributed by atoms with van der Waals surface area (Å²) >= 11 is 0. The first-order valence-corrected chi connectivity index (χ1v) is 12.6.